The minimum Gasteiger partial charge on any atom is -0.478 e. The first kappa shape index (κ1) is 13.8. The lowest BCUT2D eigenvalue weighted by molar-refractivity contribution is 0.0697. The van der Waals surface area contributed by atoms with Gasteiger partial charge in [-0.1, -0.05) is 0 Å². The van der Waals surface area contributed by atoms with Gasteiger partial charge in [0, 0.05) is 38.9 Å². The predicted octanol–water partition coefficient (Wildman–Crippen LogP) is 0.487. The first-order valence-electron chi connectivity index (χ1n) is 6.62. The molecule has 104 valence electrons. The fourth-order valence-corrected chi connectivity index (χ4v) is 2.16. The molecule has 1 saturated heterocycles. The van der Waals surface area contributed by atoms with E-state index in [4.69, 9.17) is 5.11 Å². The number of hydrogen-bond donors (Lipinski definition) is 3. The second-order valence-electron chi connectivity index (χ2n) is 4.58. The van der Waals surface area contributed by atoms with Gasteiger partial charge in [0.2, 0.25) is 0 Å². The Bertz CT molecular complexity index is 419. The number of carbonyl (C=O) groups is 1. The normalized spacial score (nSPS) is 16.2. The molecule has 0 aliphatic carbocycles. The molecule has 1 aromatic heterocycles. The number of piperazine rings is 1. The van der Waals surface area contributed by atoms with Gasteiger partial charge in [-0.2, -0.15) is 0 Å². The second-order valence-corrected chi connectivity index (χ2v) is 4.58. The molecule has 2 rings (SSSR count). The van der Waals surface area contributed by atoms with Gasteiger partial charge < -0.3 is 20.6 Å². The number of pyridine rings is 1. The van der Waals surface area contributed by atoms with Gasteiger partial charge in [-0.3, -0.25) is 0 Å². The van der Waals surface area contributed by atoms with E-state index in [0.717, 1.165) is 45.7 Å². The number of aromatic nitrogens is 1. The van der Waals surface area contributed by atoms with Crippen molar-refractivity contribution in [1.29, 1.82) is 0 Å². The van der Waals surface area contributed by atoms with Crippen molar-refractivity contribution in [2.75, 3.05) is 44.6 Å². The Kier molecular flexibility index (Phi) is 5.11. The van der Waals surface area contributed by atoms with Gasteiger partial charge in [0.25, 0.3) is 0 Å². The van der Waals surface area contributed by atoms with E-state index in [1.165, 1.54) is 0 Å². The third kappa shape index (κ3) is 4.18. The van der Waals surface area contributed by atoms with Crippen molar-refractivity contribution in [3.63, 3.8) is 0 Å². The smallest absolute Gasteiger partial charge is 0.339 e. The van der Waals surface area contributed by atoms with Gasteiger partial charge in [0.15, 0.2) is 0 Å². The molecule has 3 N–H and O–H groups in total. The summed E-state index contributed by atoms with van der Waals surface area (Å²) in [5, 5.41) is 15.4. The van der Waals surface area contributed by atoms with Crippen molar-refractivity contribution in [1.82, 2.24) is 15.2 Å². The van der Waals surface area contributed by atoms with Gasteiger partial charge in [0.1, 0.15) is 11.4 Å². The van der Waals surface area contributed by atoms with E-state index in [9.17, 15) is 4.79 Å². The maximum absolute atomic E-state index is 11.0. The molecular weight excluding hydrogens is 244 g/mol. The topological polar surface area (TPSA) is 77.5 Å². The maximum atomic E-state index is 11.0. The SMILES string of the molecule is O=C(O)c1cccnc1NCCCN1CCNCC1. The summed E-state index contributed by atoms with van der Waals surface area (Å²) < 4.78 is 0. The molecule has 1 fully saturated rings. The molecule has 0 aromatic carbocycles. The number of aromatic carboxylic acids is 1. The van der Waals surface area contributed by atoms with Crippen LogP contribution >= 0.6 is 0 Å². The van der Waals surface area contributed by atoms with E-state index < -0.39 is 5.97 Å². The zero-order valence-corrected chi connectivity index (χ0v) is 10.9. The quantitative estimate of drug-likeness (QED) is 0.649. The Labute approximate surface area is 112 Å². The van der Waals surface area contributed by atoms with Crippen LogP contribution in [0.25, 0.3) is 0 Å². The molecule has 0 radical (unpaired) electrons. The van der Waals surface area contributed by atoms with Crippen LogP contribution < -0.4 is 10.6 Å². The molecule has 1 aliphatic rings. The lowest BCUT2D eigenvalue weighted by Crippen LogP contribution is -2.44. The fourth-order valence-electron chi connectivity index (χ4n) is 2.16. The molecule has 1 aromatic rings. The number of nitrogens with zero attached hydrogens (tertiary/aromatic N) is 2. The fraction of sp³-hybridized carbons (Fsp3) is 0.538. The monoisotopic (exact) mass is 264 g/mol. The number of carboxylic acids is 1. The lowest BCUT2D eigenvalue weighted by atomic mass is 10.2. The molecule has 0 unspecified atom stereocenters. The second kappa shape index (κ2) is 7.06. The van der Waals surface area contributed by atoms with Crippen LogP contribution in [0.15, 0.2) is 18.3 Å². The van der Waals surface area contributed by atoms with Crippen LogP contribution in [0.1, 0.15) is 16.8 Å². The highest BCUT2D eigenvalue weighted by molar-refractivity contribution is 5.92. The number of hydrogen-bond acceptors (Lipinski definition) is 5. The molecule has 1 aliphatic heterocycles. The Balaban J connectivity index is 1.74. The van der Waals surface area contributed by atoms with E-state index in [1.54, 1.807) is 18.3 Å². The summed E-state index contributed by atoms with van der Waals surface area (Å²) in [5.41, 5.74) is 0.227. The van der Waals surface area contributed by atoms with E-state index in [-0.39, 0.29) is 5.56 Å². The molecule has 6 heteroatoms. The zero-order chi connectivity index (χ0) is 13.5. The standard InChI is InChI=1S/C13H20N4O2/c18-13(19)11-3-1-4-15-12(11)16-5-2-8-17-9-6-14-7-10-17/h1,3-4,14H,2,5-10H2,(H,15,16)(H,18,19). The first-order chi connectivity index (χ1) is 9.27. The van der Waals surface area contributed by atoms with E-state index in [2.05, 4.69) is 20.5 Å². The summed E-state index contributed by atoms with van der Waals surface area (Å²) in [6.07, 6.45) is 2.58. The maximum Gasteiger partial charge on any atom is 0.339 e. The average Bonchev–Trinajstić information content (AvgIpc) is 2.45. The van der Waals surface area contributed by atoms with Gasteiger partial charge in [-0.15, -0.1) is 0 Å². The number of rotatable bonds is 6. The Morgan fingerprint density at radius 2 is 2.26 bits per heavy atom. The van der Waals surface area contributed by atoms with Gasteiger partial charge >= 0.3 is 5.97 Å². The van der Waals surface area contributed by atoms with Crippen LogP contribution in [0.2, 0.25) is 0 Å². The molecule has 6 nitrogen and oxygen atoms in total. The Morgan fingerprint density at radius 3 is 3.00 bits per heavy atom. The third-order valence-electron chi connectivity index (χ3n) is 3.19. The van der Waals surface area contributed by atoms with Gasteiger partial charge in [0.05, 0.1) is 0 Å². The highest BCUT2D eigenvalue weighted by Crippen LogP contribution is 2.10. The van der Waals surface area contributed by atoms with Gasteiger partial charge in [-0.25, -0.2) is 9.78 Å². The number of carboxylic acid groups (broad SMARTS) is 1. The van der Waals surface area contributed by atoms with E-state index in [1.807, 2.05) is 0 Å². The van der Waals surface area contributed by atoms with Crippen LogP contribution in [0, 0.1) is 0 Å². The van der Waals surface area contributed by atoms with Crippen LogP contribution in [-0.2, 0) is 0 Å². The highest BCUT2D eigenvalue weighted by atomic mass is 16.4. The van der Waals surface area contributed by atoms with Crippen molar-refractivity contribution >= 4 is 11.8 Å². The molecule has 0 bridgehead atoms. The summed E-state index contributed by atoms with van der Waals surface area (Å²) in [6, 6.07) is 3.20. The van der Waals surface area contributed by atoms with Crippen molar-refractivity contribution in [3.05, 3.63) is 23.9 Å². The minimum absolute atomic E-state index is 0.227. The van der Waals surface area contributed by atoms with Crippen molar-refractivity contribution in [2.45, 2.75) is 6.42 Å². The highest BCUT2D eigenvalue weighted by Gasteiger charge is 2.11. The van der Waals surface area contributed by atoms with Crippen molar-refractivity contribution in [2.24, 2.45) is 0 Å². The Morgan fingerprint density at radius 1 is 1.47 bits per heavy atom. The molecular formula is C13H20N4O2. The molecule has 0 amide bonds. The minimum atomic E-state index is -0.947. The summed E-state index contributed by atoms with van der Waals surface area (Å²) in [6.45, 7) is 6.05. The first-order valence-corrected chi connectivity index (χ1v) is 6.62. The van der Waals surface area contributed by atoms with Gasteiger partial charge in [-0.05, 0) is 25.1 Å². The summed E-state index contributed by atoms with van der Waals surface area (Å²) in [7, 11) is 0. The largest absolute Gasteiger partial charge is 0.478 e. The molecule has 0 atom stereocenters. The number of anilines is 1. The van der Waals surface area contributed by atoms with E-state index in [0.29, 0.717) is 5.82 Å². The van der Waals surface area contributed by atoms with E-state index >= 15 is 0 Å². The third-order valence-corrected chi connectivity index (χ3v) is 3.19. The van der Waals surface area contributed by atoms with Crippen LogP contribution in [0.4, 0.5) is 5.82 Å². The van der Waals surface area contributed by atoms with Crippen LogP contribution in [-0.4, -0.2) is 60.2 Å². The Hall–Kier alpha value is -1.66. The van der Waals surface area contributed by atoms with Crippen molar-refractivity contribution in [3.8, 4) is 0 Å². The van der Waals surface area contributed by atoms with Crippen molar-refractivity contribution < 1.29 is 9.90 Å². The van der Waals surface area contributed by atoms with Crippen LogP contribution in [0.5, 0.6) is 0 Å². The zero-order valence-electron chi connectivity index (χ0n) is 10.9. The molecule has 19 heavy (non-hydrogen) atoms. The summed E-state index contributed by atoms with van der Waals surface area (Å²) in [5.74, 6) is -0.493. The molecule has 2 heterocycles. The lowest BCUT2D eigenvalue weighted by Gasteiger charge is -2.27. The predicted molar refractivity (Wildman–Crippen MR) is 73.6 cm³/mol. The molecule has 0 saturated carbocycles. The number of nitrogens with one attached hydrogen (secondary N) is 2. The molecule has 0 spiro atoms. The van der Waals surface area contributed by atoms with Crippen LogP contribution in [0.3, 0.4) is 0 Å². The summed E-state index contributed by atoms with van der Waals surface area (Å²) >= 11 is 0. The summed E-state index contributed by atoms with van der Waals surface area (Å²) in [4.78, 5) is 17.5. The average molecular weight is 264 g/mol.